The third kappa shape index (κ3) is 5.12. The molecule has 1 heterocycles. The second kappa shape index (κ2) is 10.3. The second-order valence-electron chi connectivity index (χ2n) is 8.90. The molecule has 1 aliphatic carbocycles. The number of carbonyl (C=O) groups is 1. The first kappa shape index (κ1) is 25.0. The summed E-state index contributed by atoms with van der Waals surface area (Å²) >= 11 is 5.95. The topological polar surface area (TPSA) is 83.7 Å². The number of nitrogens with two attached hydrogens (primary N) is 1. The zero-order chi connectivity index (χ0) is 24.5. The third-order valence-corrected chi connectivity index (χ3v) is 9.42. The maximum absolute atomic E-state index is 14.9. The lowest BCUT2D eigenvalue weighted by Gasteiger charge is -2.42. The van der Waals surface area contributed by atoms with Gasteiger partial charge >= 0.3 is 0 Å². The molecule has 1 saturated carbocycles. The molecule has 6 nitrogen and oxygen atoms in total. The van der Waals surface area contributed by atoms with Crippen LogP contribution in [-0.2, 0) is 16.6 Å². The van der Waals surface area contributed by atoms with Gasteiger partial charge in [0, 0.05) is 17.2 Å². The van der Waals surface area contributed by atoms with Crippen LogP contribution in [0.1, 0.15) is 48.0 Å². The predicted molar refractivity (Wildman–Crippen MR) is 129 cm³/mol. The molecule has 0 spiro atoms. The lowest BCUT2D eigenvalue weighted by molar-refractivity contribution is 0.100. The van der Waals surface area contributed by atoms with Crippen molar-refractivity contribution in [3.8, 4) is 0 Å². The summed E-state index contributed by atoms with van der Waals surface area (Å²) in [6, 6.07) is 8.06. The predicted octanol–water partition coefficient (Wildman–Crippen LogP) is 4.11. The van der Waals surface area contributed by atoms with E-state index in [1.54, 1.807) is 0 Å². The number of hydrogen-bond acceptors (Lipinski definition) is 5. The average molecular weight is 512 g/mol. The number of halogens is 3. The Morgan fingerprint density at radius 2 is 1.76 bits per heavy atom. The molecule has 0 aromatic heterocycles. The van der Waals surface area contributed by atoms with E-state index in [0.717, 1.165) is 29.3 Å². The average Bonchev–Trinajstić information content (AvgIpc) is 2.78. The van der Waals surface area contributed by atoms with Crippen LogP contribution < -0.4 is 10.0 Å². The number of sulfonamides is 1. The Morgan fingerprint density at radius 3 is 2.32 bits per heavy atom. The van der Waals surface area contributed by atoms with Crippen molar-refractivity contribution in [2.24, 2.45) is 5.73 Å². The summed E-state index contributed by atoms with van der Waals surface area (Å²) in [6.07, 6.45) is 4.45. The molecule has 34 heavy (non-hydrogen) atoms. The van der Waals surface area contributed by atoms with Crippen LogP contribution in [0.25, 0.3) is 0 Å². The normalized spacial score (nSPS) is 18.0. The minimum Gasteiger partial charge on any atom is -0.324 e. The van der Waals surface area contributed by atoms with Crippen LogP contribution in [0.15, 0.2) is 36.4 Å². The maximum Gasteiger partial charge on any atom is 0.238 e. The van der Waals surface area contributed by atoms with E-state index in [-0.39, 0.29) is 34.9 Å². The fraction of sp³-hybridized carbons (Fsp3) is 0.458. The molecule has 10 heteroatoms. The molecule has 184 valence electrons. The zero-order valence-electron chi connectivity index (χ0n) is 18.7. The Morgan fingerprint density at radius 1 is 1.06 bits per heavy atom. The smallest absolute Gasteiger partial charge is 0.238 e. The van der Waals surface area contributed by atoms with Gasteiger partial charge in [-0.2, -0.15) is 0 Å². The molecule has 4 rings (SSSR count). The minimum atomic E-state index is -3.92. The number of benzene rings is 2. The third-order valence-electron chi connectivity index (χ3n) is 6.86. The van der Waals surface area contributed by atoms with E-state index in [0.29, 0.717) is 32.0 Å². The second-order valence-corrected chi connectivity index (χ2v) is 11.4. The number of carbonyl (C=O) groups excluding carboxylic acids is 1. The van der Waals surface area contributed by atoms with Gasteiger partial charge in [-0.25, -0.2) is 17.2 Å². The van der Waals surface area contributed by atoms with Gasteiger partial charge in [0.2, 0.25) is 10.0 Å². The highest BCUT2D eigenvalue weighted by Gasteiger charge is 2.38. The summed E-state index contributed by atoms with van der Waals surface area (Å²) < 4.78 is 57.3. The number of ketones is 1. The molecule has 2 N–H and O–H groups in total. The van der Waals surface area contributed by atoms with Crippen molar-refractivity contribution in [2.75, 3.05) is 23.9 Å². The van der Waals surface area contributed by atoms with Gasteiger partial charge in [-0.1, -0.05) is 30.2 Å². The fourth-order valence-electron chi connectivity index (χ4n) is 4.56. The van der Waals surface area contributed by atoms with Crippen LogP contribution in [0.3, 0.4) is 0 Å². The highest BCUT2D eigenvalue weighted by molar-refractivity contribution is 7.93. The molecule has 1 aliphatic heterocycles. The molecule has 0 atom stereocenters. The van der Waals surface area contributed by atoms with Gasteiger partial charge in [0.25, 0.3) is 0 Å². The summed E-state index contributed by atoms with van der Waals surface area (Å²) in [5, 5.41) is -0.865. The molecular weight excluding hydrogens is 484 g/mol. The summed E-state index contributed by atoms with van der Waals surface area (Å²) in [7, 11) is -3.92. The van der Waals surface area contributed by atoms with Crippen LogP contribution in [0.5, 0.6) is 0 Å². The molecule has 2 aromatic carbocycles. The van der Waals surface area contributed by atoms with Crippen LogP contribution in [0.4, 0.5) is 14.5 Å². The van der Waals surface area contributed by atoms with Crippen molar-refractivity contribution in [3.63, 3.8) is 0 Å². The Balaban J connectivity index is 1.63. The van der Waals surface area contributed by atoms with Crippen molar-refractivity contribution in [3.05, 3.63) is 64.2 Å². The highest BCUT2D eigenvalue weighted by atomic mass is 35.5. The first-order valence-corrected chi connectivity index (χ1v) is 13.3. The number of piperidine rings is 1. The van der Waals surface area contributed by atoms with Crippen molar-refractivity contribution >= 4 is 33.1 Å². The lowest BCUT2D eigenvalue weighted by atomic mass is 9.90. The molecule has 2 fully saturated rings. The lowest BCUT2D eigenvalue weighted by Crippen LogP contribution is -2.49. The molecule has 2 aromatic rings. The van der Waals surface area contributed by atoms with E-state index in [1.165, 1.54) is 30.7 Å². The Kier molecular flexibility index (Phi) is 7.57. The largest absolute Gasteiger partial charge is 0.324 e. The van der Waals surface area contributed by atoms with E-state index in [1.807, 2.05) is 0 Å². The number of anilines is 1. The number of Topliss-reactive ketones (excluding diaryl/α,β-unsaturated/α-hetero) is 1. The van der Waals surface area contributed by atoms with Crippen molar-refractivity contribution in [1.82, 2.24) is 4.90 Å². The van der Waals surface area contributed by atoms with Gasteiger partial charge in [-0.3, -0.25) is 9.10 Å². The Hall–Kier alpha value is -2.07. The quantitative estimate of drug-likeness (QED) is 0.539. The molecule has 0 amide bonds. The van der Waals surface area contributed by atoms with Crippen molar-refractivity contribution in [1.29, 1.82) is 0 Å². The minimum absolute atomic E-state index is 0.0875. The molecule has 0 bridgehead atoms. The summed E-state index contributed by atoms with van der Waals surface area (Å²) in [4.78, 5) is 14.2. The zero-order valence-corrected chi connectivity index (χ0v) is 20.3. The summed E-state index contributed by atoms with van der Waals surface area (Å²) in [6.45, 7) is 0.816. The van der Waals surface area contributed by atoms with Gasteiger partial charge in [0.05, 0.1) is 29.0 Å². The molecular formula is C24H28ClF2N3O3S. The van der Waals surface area contributed by atoms with Crippen LogP contribution in [0, 0.1) is 11.6 Å². The maximum atomic E-state index is 14.9. The molecule has 0 unspecified atom stereocenters. The highest BCUT2D eigenvalue weighted by Crippen LogP contribution is 2.33. The number of rotatable bonds is 8. The molecule has 2 aliphatic rings. The van der Waals surface area contributed by atoms with Gasteiger partial charge < -0.3 is 10.6 Å². The number of nitrogens with zero attached hydrogens (tertiary/aromatic N) is 2. The number of likely N-dealkylation sites (tertiary alicyclic amines) is 1. The number of hydrogen-bond donors (Lipinski definition) is 1. The summed E-state index contributed by atoms with van der Waals surface area (Å²) in [5.41, 5.74) is 5.72. The van der Waals surface area contributed by atoms with Gasteiger partial charge in [-0.05, 0) is 63.0 Å². The monoisotopic (exact) mass is 511 g/mol. The first-order valence-electron chi connectivity index (χ1n) is 11.4. The van der Waals surface area contributed by atoms with E-state index >= 15 is 0 Å². The fourth-order valence-corrected chi connectivity index (χ4v) is 6.63. The SMILES string of the molecule is NCC(=O)c1ccc(CN(c2ccc(F)c(Cl)c2)S(=O)(=O)C2CCN(C3CCC3)CC2)c(F)c1. The van der Waals surface area contributed by atoms with E-state index in [9.17, 15) is 22.0 Å². The molecule has 0 radical (unpaired) electrons. The van der Waals surface area contributed by atoms with Crippen LogP contribution in [0.2, 0.25) is 5.02 Å². The van der Waals surface area contributed by atoms with Crippen molar-refractivity contribution < 1.29 is 22.0 Å². The van der Waals surface area contributed by atoms with Crippen LogP contribution in [-0.4, -0.2) is 50.0 Å². The molecule has 1 saturated heterocycles. The summed E-state index contributed by atoms with van der Waals surface area (Å²) in [5.74, 6) is -1.81. The van der Waals surface area contributed by atoms with Crippen LogP contribution >= 0.6 is 11.6 Å². The van der Waals surface area contributed by atoms with E-state index in [4.69, 9.17) is 17.3 Å². The van der Waals surface area contributed by atoms with E-state index in [2.05, 4.69) is 4.90 Å². The van der Waals surface area contributed by atoms with Crippen molar-refractivity contribution in [2.45, 2.75) is 49.9 Å². The first-order chi connectivity index (χ1) is 16.2. The van der Waals surface area contributed by atoms with E-state index < -0.39 is 32.7 Å². The van der Waals surface area contributed by atoms with Gasteiger partial charge in [0.1, 0.15) is 11.6 Å². The standard InChI is InChI=1S/C24H28ClF2N3O3S/c25-21-13-19(6-7-22(21)26)30(15-17-5-4-16(12-23(17)27)24(31)14-28)34(32,33)20-8-10-29(11-9-20)18-2-1-3-18/h4-7,12-13,18,20H,1-3,8-11,14-15,28H2. The van der Waals surface area contributed by atoms with Gasteiger partial charge in [-0.15, -0.1) is 0 Å². The van der Waals surface area contributed by atoms with Gasteiger partial charge in [0.15, 0.2) is 5.78 Å². The Labute approximate surface area is 203 Å². The Bertz CT molecular complexity index is 1170.